The van der Waals surface area contributed by atoms with E-state index in [1.807, 2.05) is 18.2 Å². The Morgan fingerprint density at radius 2 is 2.24 bits per heavy atom. The Kier molecular flexibility index (Phi) is 5.33. The van der Waals surface area contributed by atoms with Gasteiger partial charge in [0.05, 0.1) is 6.54 Å². The molecule has 0 aromatic heterocycles. The number of anilines is 1. The summed E-state index contributed by atoms with van der Waals surface area (Å²) in [5, 5.41) is 0. The number of carbonyl (C=O) groups excluding carboxylic acids is 2. The number of ether oxygens (including phenoxy) is 1. The lowest BCUT2D eigenvalue weighted by atomic mass is 9.99. The maximum atomic E-state index is 11.8. The second-order valence-corrected chi connectivity index (χ2v) is 5.28. The van der Waals surface area contributed by atoms with Crippen molar-refractivity contribution in [1.82, 2.24) is 0 Å². The molecule has 1 saturated heterocycles. The molecule has 1 amide bonds. The van der Waals surface area contributed by atoms with Gasteiger partial charge in [-0.2, -0.15) is 0 Å². The summed E-state index contributed by atoms with van der Waals surface area (Å²) >= 11 is 0. The van der Waals surface area contributed by atoms with Crippen LogP contribution < -0.4 is 10.6 Å². The molecule has 0 bridgehead atoms. The van der Waals surface area contributed by atoms with Crippen LogP contribution >= 0.6 is 0 Å². The van der Waals surface area contributed by atoms with Gasteiger partial charge in [0.2, 0.25) is 0 Å². The Hall–Kier alpha value is -1.88. The number of aldehydes is 1. The summed E-state index contributed by atoms with van der Waals surface area (Å²) < 4.78 is 5.16. The molecule has 2 N–H and O–H groups in total. The van der Waals surface area contributed by atoms with Gasteiger partial charge in [-0.3, -0.25) is 4.90 Å². The summed E-state index contributed by atoms with van der Waals surface area (Å²) in [4.78, 5) is 24.3. The van der Waals surface area contributed by atoms with Crippen molar-refractivity contribution >= 4 is 18.1 Å². The molecular weight excluding hydrogens is 268 g/mol. The Labute approximate surface area is 125 Å². The van der Waals surface area contributed by atoms with E-state index in [0.29, 0.717) is 19.5 Å². The average molecular weight is 290 g/mol. The van der Waals surface area contributed by atoms with E-state index < -0.39 is 0 Å². The first kappa shape index (κ1) is 15.5. The van der Waals surface area contributed by atoms with Crippen LogP contribution in [0.25, 0.3) is 0 Å². The predicted molar refractivity (Wildman–Crippen MR) is 81.5 cm³/mol. The monoisotopic (exact) mass is 290 g/mol. The highest BCUT2D eigenvalue weighted by Gasteiger charge is 2.31. The molecule has 1 atom stereocenters. The molecule has 114 valence electrons. The van der Waals surface area contributed by atoms with Crippen LogP contribution in [0.5, 0.6) is 0 Å². The number of hydrogen-bond acceptors (Lipinski definition) is 4. The minimum atomic E-state index is -0.371. The third-order valence-corrected chi connectivity index (χ3v) is 3.74. The van der Waals surface area contributed by atoms with Crippen LogP contribution in [-0.2, 0) is 22.4 Å². The molecule has 1 aliphatic rings. The zero-order chi connectivity index (χ0) is 15.2. The third kappa shape index (κ3) is 3.61. The first-order chi connectivity index (χ1) is 10.2. The molecule has 21 heavy (non-hydrogen) atoms. The summed E-state index contributed by atoms with van der Waals surface area (Å²) in [6.07, 6.45) is 3.80. The van der Waals surface area contributed by atoms with Crippen molar-refractivity contribution < 1.29 is 14.3 Å². The number of rotatable bonds is 7. The van der Waals surface area contributed by atoms with Crippen molar-refractivity contribution in [2.45, 2.75) is 38.7 Å². The highest BCUT2D eigenvalue weighted by molar-refractivity contribution is 5.90. The van der Waals surface area contributed by atoms with Crippen LogP contribution in [0, 0.1) is 0 Å². The van der Waals surface area contributed by atoms with Gasteiger partial charge in [-0.25, -0.2) is 4.79 Å². The fraction of sp³-hybridized carbons (Fsp3) is 0.500. The molecule has 1 fully saturated rings. The summed E-state index contributed by atoms with van der Waals surface area (Å²) in [5.74, 6) is 0. The molecule has 0 aliphatic carbocycles. The molecule has 1 aromatic rings. The third-order valence-electron chi connectivity index (χ3n) is 3.74. The van der Waals surface area contributed by atoms with Crippen LogP contribution in [0.15, 0.2) is 18.2 Å². The lowest BCUT2D eigenvalue weighted by Gasteiger charge is -2.16. The number of nitrogens with zero attached hydrogens (tertiary/aromatic N) is 1. The minimum Gasteiger partial charge on any atom is -0.443 e. The number of benzene rings is 1. The highest BCUT2D eigenvalue weighted by atomic mass is 16.6. The van der Waals surface area contributed by atoms with Crippen molar-refractivity contribution in [2.75, 3.05) is 18.0 Å². The van der Waals surface area contributed by atoms with Gasteiger partial charge in [0.25, 0.3) is 0 Å². The number of cyclic esters (lactones) is 1. The van der Waals surface area contributed by atoms with Crippen molar-refractivity contribution in [3.8, 4) is 0 Å². The smallest absolute Gasteiger partial charge is 0.414 e. The van der Waals surface area contributed by atoms with Gasteiger partial charge in [-0.05, 0) is 36.1 Å². The highest BCUT2D eigenvalue weighted by Crippen LogP contribution is 2.25. The lowest BCUT2D eigenvalue weighted by molar-refractivity contribution is -0.107. The number of amides is 1. The van der Waals surface area contributed by atoms with Gasteiger partial charge in [0, 0.05) is 18.7 Å². The van der Waals surface area contributed by atoms with Gasteiger partial charge in [0.1, 0.15) is 12.4 Å². The van der Waals surface area contributed by atoms with Gasteiger partial charge >= 0.3 is 6.09 Å². The van der Waals surface area contributed by atoms with Crippen LogP contribution in [-0.4, -0.2) is 31.6 Å². The van der Waals surface area contributed by atoms with Crippen molar-refractivity contribution in [3.63, 3.8) is 0 Å². The molecule has 2 rings (SSSR count). The zero-order valence-electron chi connectivity index (χ0n) is 12.4. The quantitative estimate of drug-likeness (QED) is 0.780. The Morgan fingerprint density at radius 3 is 2.86 bits per heavy atom. The molecular formula is C16H22N2O3. The van der Waals surface area contributed by atoms with E-state index in [-0.39, 0.29) is 12.2 Å². The minimum absolute atomic E-state index is 0.258. The number of nitrogens with two attached hydrogens (primary N) is 1. The summed E-state index contributed by atoms with van der Waals surface area (Å²) in [6.45, 7) is 2.92. The number of unbranched alkanes of at least 4 members (excludes halogenated alkanes) is 1. The summed E-state index contributed by atoms with van der Waals surface area (Å²) in [6, 6.07) is 5.84. The van der Waals surface area contributed by atoms with Gasteiger partial charge < -0.3 is 15.3 Å². The van der Waals surface area contributed by atoms with Crippen LogP contribution in [0.1, 0.15) is 30.9 Å². The lowest BCUT2D eigenvalue weighted by Crippen LogP contribution is -2.27. The summed E-state index contributed by atoms with van der Waals surface area (Å²) in [7, 11) is 0. The SMILES string of the molecule is CCCCc1ccc(N2CC(CN)OC2=O)cc1CC=O. The maximum Gasteiger partial charge on any atom is 0.414 e. The van der Waals surface area contributed by atoms with Gasteiger partial charge in [-0.1, -0.05) is 19.4 Å². The Morgan fingerprint density at radius 1 is 1.43 bits per heavy atom. The number of hydrogen-bond donors (Lipinski definition) is 1. The maximum absolute atomic E-state index is 11.8. The van der Waals surface area contributed by atoms with Gasteiger partial charge in [-0.15, -0.1) is 0 Å². The van der Waals surface area contributed by atoms with Crippen LogP contribution in [0.4, 0.5) is 10.5 Å². The standard InChI is InChI=1S/C16H22N2O3/c1-2-3-4-12-5-6-14(9-13(12)7-8-19)18-11-15(10-17)21-16(18)20/h5-6,8-9,15H,2-4,7,10-11,17H2,1H3. The molecule has 1 heterocycles. The van der Waals surface area contributed by atoms with E-state index in [2.05, 4.69) is 6.92 Å². The first-order valence-electron chi connectivity index (χ1n) is 7.43. The van der Waals surface area contributed by atoms with E-state index in [9.17, 15) is 9.59 Å². The van der Waals surface area contributed by atoms with Crippen LogP contribution in [0.3, 0.4) is 0 Å². The second kappa shape index (κ2) is 7.22. The number of carbonyl (C=O) groups is 2. The van der Waals surface area contributed by atoms with E-state index in [1.165, 1.54) is 5.56 Å². The van der Waals surface area contributed by atoms with Gasteiger partial charge in [0.15, 0.2) is 0 Å². The molecule has 1 aromatic carbocycles. The molecule has 0 radical (unpaired) electrons. The predicted octanol–water partition coefficient (Wildman–Crippen LogP) is 2.05. The zero-order valence-corrected chi connectivity index (χ0v) is 12.4. The largest absolute Gasteiger partial charge is 0.443 e. The molecule has 5 heteroatoms. The average Bonchev–Trinajstić information content (AvgIpc) is 2.87. The van der Waals surface area contributed by atoms with E-state index >= 15 is 0 Å². The molecule has 1 aliphatic heterocycles. The normalized spacial score (nSPS) is 17.9. The molecule has 0 saturated carbocycles. The van der Waals surface area contributed by atoms with Crippen molar-refractivity contribution in [2.24, 2.45) is 5.73 Å². The second-order valence-electron chi connectivity index (χ2n) is 5.28. The molecule has 1 unspecified atom stereocenters. The Balaban J connectivity index is 2.22. The summed E-state index contributed by atoms with van der Waals surface area (Å²) in [5.41, 5.74) is 8.48. The molecule has 5 nitrogen and oxygen atoms in total. The fourth-order valence-electron chi connectivity index (χ4n) is 2.53. The first-order valence-corrected chi connectivity index (χ1v) is 7.43. The van der Waals surface area contributed by atoms with E-state index in [0.717, 1.165) is 36.8 Å². The van der Waals surface area contributed by atoms with E-state index in [4.69, 9.17) is 10.5 Å². The van der Waals surface area contributed by atoms with E-state index in [1.54, 1.807) is 4.90 Å². The van der Waals surface area contributed by atoms with Crippen molar-refractivity contribution in [1.29, 1.82) is 0 Å². The number of aryl methyl sites for hydroxylation is 1. The fourth-order valence-corrected chi connectivity index (χ4v) is 2.53. The van der Waals surface area contributed by atoms with Crippen molar-refractivity contribution in [3.05, 3.63) is 29.3 Å². The Bertz CT molecular complexity index is 516. The topological polar surface area (TPSA) is 72.6 Å². The molecule has 0 spiro atoms. The van der Waals surface area contributed by atoms with Crippen LogP contribution in [0.2, 0.25) is 0 Å².